The predicted molar refractivity (Wildman–Crippen MR) is 76.0 cm³/mol. The number of hydrogen-bond donors (Lipinski definition) is 1. The maximum absolute atomic E-state index is 4.47. The van der Waals surface area contributed by atoms with Gasteiger partial charge in [0.25, 0.3) is 0 Å². The highest BCUT2D eigenvalue weighted by atomic mass is 15.3. The molecule has 0 unspecified atom stereocenters. The second-order valence-electron chi connectivity index (χ2n) is 4.75. The van der Waals surface area contributed by atoms with E-state index in [1.807, 2.05) is 22.5 Å². The van der Waals surface area contributed by atoms with E-state index in [4.69, 9.17) is 0 Å². The first-order valence-corrected chi connectivity index (χ1v) is 6.99. The van der Waals surface area contributed by atoms with E-state index in [9.17, 15) is 0 Å². The first kappa shape index (κ1) is 13.8. The van der Waals surface area contributed by atoms with Crippen molar-refractivity contribution >= 4 is 0 Å². The summed E-state index contributed by atoms with van der Waals surface area (Å²) in [4.78, 5) is 0. The molecular weight excluding hydrogens is 238 g/mol. The Morgan fingerprint density at radius 3 is 2.79 bits per heavy atom. The van der Waals surface area contributed by atoms with E-state index in [-0.39, 0.29) is 0 Å². The summed E-state index contributed by atoms with van der Waals surface area (Å²) in [5.74, 6) is 0. The highest BCUT2D eigenvalue weighted by molar-refractivity contribution is 5.11. The molecule has 5 heteroatoms. The molecule has 0 radical (unpaired) electrons. The Bertz CT molecular complexity index is 512. The van der Waals surface area contributed by atoms with Crippen LogP contribution >= 0.6 is 0 Å². The van der Waals surface area contributed by atoms with E-state index in [0.717, 1.165) is 38.3 Å². The molecule has 0 aromatic carbocycles. The second kappa shape index (κ2) is 6.52. The van der Waals surface area contributed by atoms with E-state index >= 15 is 0 Å². The summed E-state index contributed by atoms with van der Waals surface area (Å²) >= 11 is 0. The van der Waals surface area contributed by atoms with Gasteiger partial charge in [-0.25, -0.2) is 0 Å². The molecule has 2 aromatic heterocycles. The largest absolute Gasteiger partial charge is 0.311 e. The lowest BCUT2D eigenvalue weighted by Gasteiger charge is -2.09. The Hall–Kier alpha value is -1.62. The molecule has 5 nitrogen and oxygen atoms in total. The smallest absolute Gasteiger partial charge is 0.0832 e. The van der Waals surface area contributed by atoms with Crippen molar-refractivity contribution < 1.29 is 0 Å². The molecule has 0 saturated carbocycles. The number of rotatable bonds is 7. The maximum atomic E-state index is 4.47. The molecule has 0 bridgehead atoms. The molecule has 2 heterocycles. The van der Waals surface area contributed by atoms with Crippen molar-refractivity contribution in [2.24, 2.45) is 0 Å². The van der Waals surface area contributed by atoms with E-state index in [1.165, 1.54) is 11.4 Å². The summed E-state index contributed by atoms with van der Waals surface area (Å²) in [5.41, 5.74) is 3.49. The quantitative estimate of drug-likeness (QED) is 0.775. The fraction of sp³-hybridized carbons (Fsp3) is 0.571. The summed E-state index contributed by atoms with van der Waals surface area (Å²) < 4.78 is 4.09. The number of nitrogens with zero attached hydrogens (tertiary/aromatic N) is 4. The van der Waals surface area contributed by atoms with Crippen LogP contribution in [0.1, 0.15) is 37.4 Å². The Morgan fingerprint density at radius 1 is 1.21 bits per heavy atom. The number of aromatic nitrogens is 4. The molecule has 19 heavy (non-hydrogen) atoms. The number of aryl methyl sites for hydroxylation is 2. The minimum atomic E-state index is 0.783. The van der Waals surface area contributed by atoms with Gasteiger partial charge in [-0.1, -0.05) is 6.92 Å². The van der Waals surface area contributed by atoms with Crippen molar-refractivity contribution in [3.05, 3.63) is 35.4 Å². The fourth-order valence-corrected chi connectivity index (χ4v) is 2.20. The summed E-state index contributed by atoms with van der Waals surface area (Å²) in [6.45, 7) is 9.90. The van der Waals surface area contributed by atoms with Crippen LogP contribution in [-0.4, -0.2) is 26.1 Å². The van der Waals surface area contributed by atoms with Gasteiger partial charge in [0.15, 0.2) is 0 Å². The van der Waals surface area contributed by atoms with Gasteiger partial charge in [-0.05, 0) is 38.9 Å². The zero-order valence-electron chi connectivity index (χ0n) is 12.1. The zero-order valence-corrected chi connectivity index (χ0v) is 12.1. The average Bonchev–Trinajstić information content (AvgIpc) is 2.97. The second-order valence-corrected chi connectivity index (χ2v) is 4.75. The standard InChI is InChI=1S/C14H23N5/c1-4-7-15-10-13-6-8-16-19(13)11-14-9-12(3)17-18(14)5-2/h6,8-9,15H,4-5,7,10-11H2,1-3H3. The minimum Gasteiger partial charge on any atom is -0.311 e. The predicted octanol–water partition coefficient (Wildman–Crippen LogP) is 1.96. The van der Waals surface area contributed by atoms with E-state index in [1.54, 1.807) is 0 Å². The Balaban J connectivity index is 2.08. The molecule has 104 valence electrons. The monoisotopic (exact) mass is 261 g/mol. The molecule has 0 saturated heterocycles. The molecule has 2 rings (SSSR count). The van der Waals surface area contributed by atoms with Crippen LogP contribution in [0.25, 0.3) is 0 Å². The van der Waals surface area contributed by atoms with Crippen LogP contribution in [0.2, 0.25) is 0 Å². The third kappa shape index (κ3) is 3.44. The van der Waals surface area contributed by atoms with E-state index < -0.39 is 0 Å². The van der Waals surface area contributed by atoms with Crippen molar-refractivity contribution in [3.8, 4) is 0 Å². The molecular formula is C14H23N5. The van der Waals surface area contributed by atoms with Gasteiger partial charge in [-0.3, -0.25) is 9.36 Å². The lowest BCUT2D eigenvalue weighted by molar-refractivity contribution is 0.548. The maximum Gasteiger partial charge on any atom is 0.0832 e. The Morgan fingerprint density at radius 2 is 2.05 bits per heavy atom. The lowest BCUT2D eigenvalue weighted by Crippen LogP contribution is -2.18. The highest BCUT2D eigenvalue weighted by Crippen LogP contribution is 2.08. The average molecular weight is 261 g/mol. The lowest BCUT2D eigenvalue weighted by atomic mass is 10.3. The van der Waals surface area contributed by atoms with Gasteiger partial charge in [0.05, 0.1) is 23.6 Å². The molecule has 0 fully saturated rings. The molecule has 2 aromatic rings. The number of hydrogen-bond acceptors (Lipinski definition) is 3. The van der Waals surface area contributed by atoms with E-state index in [0.29, 0.717) is 0 Å². The van der Waals surface area contributed by atoms with Crippen LogP contribution in [-0.2, 0) is 19.6 Å². The summed E-state index contributed by atoms with van der Waals surface area (Å²) in [6, 6.07) is 4.20. The Kier molecular flexibility index (Phi) is 4.74. The van der Waals surface area contributed by atoms with Crippen LogP contribution in [0.3, 0.4) is 0 Å². The fourth-order valence-electron chi connectivity index (χ4n) is 2.20. The van der Waals surface area contributed by atoms with Gasteiger partial charge in [-0.15, -0.1) is 0 Å². The van der Waals surface area contributed by atoms with Crippen LogP contribution < -0.4 is 5.32 Å². The Labute approximate surface area is 114 Å². The van der Waals surface area contributed by atoms with Gasteiger partial charge in [-0.2, -0.15) is 10.2 Å². The highest BCUT2D eigenvalue weighted by Gasteiger charge is 2.08. The minimum absolute atomic E-state index is 0.783. The molecule has 0 amide bonds. The van der Waals surface area contributed by atoms with Crippen LogP contribution in [0.5, 0.6) is 0 Å². The van der Waals surface area contributed by atoms with Crippen LogP contribution in [0, 0.1) is 6.92 Å². The summed E-state index contributed by atoms with van der Waals surface area (Å²) in [6.07, 6.45) is 3.01. The molecule has 0 atom stereocenters. The van der Waals surface area contributed by atoms with E-state index in [2.05, 4.69) is 41.5 Å². The normalized spacial score (nSPS) is 11.1. The van der Waals surface area contributed by atoms with Gasteiger partial charge < -0.3 is 5.32 Å². The van der Waals surface area contributed by atoms with Gasteiger partial charge >= 0.3 is 0 Å². The summed E-state index contributed by atoms with van der Waals surface area (Å²) in [7, 11) is 0. The van der Waals surface area contributed by atoms with Crippen molar-refractivity contribution in [1.82, 2.24) is 24.9 Å². The topological polar surface area (TPSA) is 47.7 Å². The van der Waals surface area contributed by atoms with Crippen LogP contribution in [0.15, 0.2) is 18.3 Å². The third-order valence-electron chi connectivity index (χ3n) is 3.13. The molecule has 0 aliphatic rings. The molecule has 1 N–H and O–H groups in total. The van der Waals surface area contributed by atoms with Crippen LogP contribution in [0.4, 0.5) is 0 Å². The van der Waals surface area contributed by atoms with Crippen molar-refractivity contribution in [1.29, 1.82) is 0 Å². The first-order chi connectivity index (χ1) is 9.24. The van der Waals surface area contributed by atoms with Crippen molar-refractivity contribution in [2.75, 3.05) is 6.54 Å². The van der Waals surface area contributed by atoms with Crippen molar-refractivity contribution in [2.45, 2.75) is 46.8 Å². The number of nitrogens with one attached hydrogen (secondary N) is 1. The zero-order chi connectivity index (χ0) is 13.7. The van der Waals surface area contributed by atoms with Crippen molar-refractivity contribution in [3.63, 3.8) is 0 Å². The molecule has 0 aliphatic heterocycles. The third-order valence-corrected chi connectivity index (χ3v) is 3.13. The molecule has 0 spiro atoms. The first-order valence-electron chi connectivity index (χ1n) is 6.99. The SMILES string of the molecule is CCCNCc1ccnn1Cc1cc(C)nn1CC. The summed E-state index contributed by atoms with van der Waals surface area (Å²) in [5, 5.41) is 12.3. The van der Waals surface area contributed by atoms with Gasteiger partial charge in [0, 0.05) is 19.3 Å². The molecule has 0 aliphatic carbocycles. The van der Waals surface area contributed by atoms with Gasteiger partial charge in [0.1, 0.15) is 0 Å². The van der Waals surface area contributed by atoms with Gasteiger partial charge in [0.2, 0.25) is 0 Å².